The highest BCUT2D eigenvalue weighted by atomic mass is 16.5. The molecular formula is C15H16O. The standard InChI is InChI=1S/C15H16O/c1-11-5-7-13-12(10-11)6-8-15-14(13)4-2-3-9-16-15/h5-8,10H,2-4,9H2,1H3. The Morgan fingerprint density at radius 3 is 2.94 bits per heavy atom. The van der Waals surface area contributed by atoms with Gasteiger partial charge >= 0.3 is 0 Å². The van der Waals surface area contributed by atoms with Gasteiger partial charge in [0, 0.05) is 5.56 Å². The zero-order valence-corrected chi connectivity index (χ0v) is 9.62. The molecule has 82 valence electrons. The van der Waals surface area contributed by atoms with E-state index < -0.39 is 0 Å². The van der Waals surface area contributed by atoms with Gasteiger partial charge in [-0.25, -0.2) is 0 Å². The van der Waals surface area contributed by atoms with Crippen LogP contribution in [-0.4, -0.2) is 6.61 Å². The highest BCUT2D eigenvalue weighted by molar-refractivity contribution is 5.88. The topological polar surface area (TPSA) is 9.23 Å². The van der Waals surface area contributed by atoms with Crippen LogP contribution in [0.25, 0.3) is 10.8 Å². The fourth-order valence-electron chi connectivity index (χ4n) is 2.47. The summed E-state index contributed by atoms with van der Waals surface area (Å²) in [6.45, 7) is 3.01. The molecule has 1 aliphatic heterocycles. The van der Waals surface area contributed by atoms with Gasteiger partial charge in [0.2, 0.25) is 0 Å². The Balaban J connectivity index is 2.26. The van der Waals surface area contributed by atoms with E-state index in [2.05, 4.69) is 37.3 Å². The van der Waals surface area contributed by atoms with E-state index in [1.54, 1.807) is 0 Å². The first-order valence-corrected chi connectivity index (χ1v) is 6.00. The number of fused-ring (bicyclic) bond motifs is 3. The van der Waals surface area contributed by atoms with Gasteiger partial charge in [-0.2, -0.15) is 0 Å². The Bertz CT molecular complexity index is 528. The van der Waals surface area contributed by atoms with E-state index in [9.17, 15) is 0 Å². The maximum Gasteiger partial charge on any atom is 0.123 e. The summed E-state index contributed by atoms with van der Waals surface area (Å²) in [5, 5.41) is 2.70. The number of benzene rings is 2. The third-order valence-corrected chi connectivity index (χ3v) is 3.32. The van der Waals surface area contributed by atoms with Crippen LogP contribution in [0.3, 0.4) is 0 Å². The number of rotatable bonds is 0. The summed E-state index contributed by atoms with van der Waals surface area (Å²) in [7, 11) is 0. The lowest BCUT2D eigenvalue weighted by atomic mass is 9.98. The number of hydrogen-bond acceptors (Lipinski definition) is 1. The smallest absolute Gasteiger partial charge is 0.123 e. The zero-order valence-electron chi connectivity index (χ0n) is 9.62. The van der Waals surface area contributed by atoms with Gasteiger partial charge in [0.25, 0.3) is 0 Å². The van der Waals surface area contributed by atoms with E-state index in [-0.39, 0.29) is 0 Å². The second kappa shape index (κ2) is 3.82. The molecule has 0 aliphatic carbocycles. The Morgan fingerprint density at radius 2 is 2.00 bits per heavy atom. The Hall–Kier alpha value is -1.50. The van der Waals surface area contributed by atoms with E-state index in [1.165, 1.54) is 34.7 Å². The summed E-state index contributed by atoms with van der Waals surface area (Å²) in [6, 6.07) is 11.0. The van der Waals surface area contributed by atoms with Gasteiger partial charge in [-0.1, -0.05) is 29.8 Å². The Morgan fingerprint density at radius 1 is 1.06 bits per heavy atom. The molecule has 1 heterocycles. The average molecular weight is 212 g/mol. The van der Waals surface area contributed by atoms with Crippen LogP contribution in [0.5, 0.6) is 5.75 Å². The van der Waals surface area contributed by atoms with Crippen molar-refractivity contribution in [3.05, 3.63) is 41.5 Å². The van der Waals surface area contributed by atoms with Crippen LogP contribution >= 0.6 is 0 Å². The summed E-state index contributed by atoms with van der Waals surface area (Å²) < 4.78 is 5.79. The van der Waals surface area contributed by atoms with Crippen molar-refractivity contribution < 1.29 is 4.74 Å². The lowest BCUT2D eigenvalue weighted by molar-refractivity contribution is 0.317. The van der Waals surface area contributed by atoms with Crippen molar-refractivity contribution in [2.24, 2.45) is 0 Å². The van der Waals surface area contributed by atoms with Crippen molar-refractivity contribution in [1.29, 1.82) is 0 Å². The van der Waals surface area contributed by atoms with E-state index in [0.29, 0.717) is 0 Å². The molecule has 0 N–H and O–H groups in total. The largest absolute Gasteiger partial charge is 0.493 e. The third kappa shape index (κ3) is 1.57. The van der Waals surface area contributed by atoms with Crippen LogP contribution in [0.15, 0.2) is 30.3 Å². The first-order chi connectivity index (χ1) is 7.84. The molecule has 0 saturated heterocycles. The number of hydrogen-bond donors (Lipinski definition) is 0. The van der Waals surface area contributed by atoms with Crippen LogP contribution < -0.4 is 4.74 Å². The summed E-state index contributed by atoms with van der Waals surface area (Å²) in [5.41, 5.74) is 2.72. The summed E-state index contributed by atoms with van der Waals surface area (Å²) in [4.78, 5) is 0. The highest BCUT2D eigenvalue weighted by Gasteiger charge is 2.11. The van der Waals surface area contributed by atoms with Gasteiger partial charge in [-0.15, -0.1) is 0 Å². The van der Waals surface area contributed by atoms with Crippen LogP contribution in [0.2, 0.25) is 0 Å². The van der Waals surface area contributed by atoms with E-state index in [4.69, 9.17) is 4.74 Å². The van der Waals surface area contributed by atoms with E-state index >= 15 is 0 Å². The zero-order chi connectivity index (χ0) is 11.0. The van der Waals surface area contributed by atoms with Gasteiger partial charge in [0.1, 0.15) is 5.75 Å². The quantitative estimate of drug-likeness (QED) is 0.644. The molecule has 0 saturated carbocycles. The van der Waals surface area contributed by atoms with Crippen molar-refractivity contribution in [2.75, 3.05) is 6.61 Å². The number of ether oxygens (including phenoxy) is 1. The maximum atomic E-state index is 5.79. The highest BCUT2D eigenvalue weighted by Crippen LogP contribution is 2.31. The molecule has 1 nitrogen and oxygen atoms in total. The second-order valence-electron chi connectivity index (χ2n) is 4.57. The van der Waals surface area contributed by atoms with Gasteiger partial charge in [0.05, 0.1) is 6.61 Å². The van der Waals surface area contributed by atoms with Crippen molar-refractivity contribution in [3.63, 3.8) is 0 Å². The average Bonchev–Trinajstić information content (AvgIpc) is 2.53. The molecule has 1 heteroatoms. The molecule has 0 unspecified atom stereocenters. The SMILES string of the molecule is Cc1ccc2c3c(ccc2c1)OCCCC3. The third-order valence-electron chi connectivity index (χ3n) is 3.32. The van der Waals surface area contributed by atoms with Gasteiger partial charge < -0.3 is 4.74 Å². The van der Waals surface area contributed by atoms with E-state index in [1.807, 2.05) is 0 Å². The minimum Gasteiger partial charge on any atom is -0.493 e. The second-order valence-corrected chi connectivity index (χ2v) is 4.57. The normalized spacial score (nSPS) is 15.3. The molecule has 3 rings (SSSR count). The van der Waals surface area contributed by atoms with E-state index in [0.717, 1.165) is 18.8 Å². The lowest BCUT2D eigenvalue weighted by Crippen LogP contribution is -1.94. The minimum atomic E-state index is 0.865. The summed E-state index contributed by atoms with van der Waals surface area (Å²) >= 11 is 0. The molecule has 2 aromatic rings. The minimum absolute atomic E-state index is 0.865. The lowest BCUT2D eigenvalue weighted by Gasteiger charge is -2.10. The van der Waals surface area contributed by atoms with Gasteiger partial charge in [0.15, 0.2) is 0 Å². The molecule has 0 spiro atoms. The molecule has 16 heavy (non-hydrogen) atoms. The predicted octanol–water partition coefficient (Wildman–Crippen LogP) is 3.86. The first kappa shape index (κ1) is 9.71. The molecule has 0 amide bonds. The molecule has 0 bridgehead atoms. The molecule has 0 fully saturated rings. The van der Waals surface area contributed by atoms with Crippen molar-refractivity contribution in [2.45, 2.75) is 26.2 Å². The van der Waals surface area contributed by atoms with Gasteiger partial charge in [-0.05, 0) is 43.0 Å². The van der Waals surface area contributed by atoms with Crippen molar-refractivity contribution in [1.82, 2.24) is 0 Å². The Kier molecular flexibility index (Phi) is 2.32. The fourth-order valence-corrected chi connectivity index (χ4v) is 2.47. The maximum absolute atomic E-state index is 5.79. The monoisotopic (exact) mass is 212 g/mol. The molecular weight excluding hydrogens is 196 g/mol. The molecule has 1 aliphatic rings. The molecule has 0 aromatic heterocycles. The predicted molar refractivity (Wildman–Crippen MR) is 67.1 cm³/mol. The summed E-state index contributed by atoms with van der Waals surface area (Å²) in [5.74, 6) is 1.09. The molecule has 0 radical (unpaired) electrons. The van der Waals surface area contributed by atoms with Crippen molar-refractivity contribution in [3.8, 4) is 5.75 Å². The Labute approximate surface area is 96.0 Å². The summed E-state index contributed by atoms with van der Waals surface area (Å²) in [6.07, 6.45) is 3.55. The number of aryl methyl sites for hydroxylation is 2. The van der Waals surface area contributed by atoms with Crippen LogP contribution in [0, 0.1) is 6.92 Å². The molecule has 0 atom stereocenters. The molecule has 2 aromatic carbocycles. The van der Waals surface area contributed by atoms with Crippen LogP contribution in [0.4, 0.5) is 0 Å². The first-order valence-electron chi connectivity index (χ1n) is 6.00. The van der Waals surface area contributed by atoms with Crippen LogP contribution in [0.1, 0.15) is 24.0 Å². The van der Waals surface area contributed by atoms with Crippen LogP contribution in [-0.2, 0) is 6.42 Å². The van der Waals surface area contributed by atoms with Crippen molar-refractivity contribution >= 4 is 10.8 Å². The fraction of sp³-hybridized carbons (Fsp3) is 0.333. The van der Waals surface area contributed by atoms with Gasteiger partial charge in [-0.3, -0.25) is 0 Å².